The summed E-state index contributed by atoms with van der Waals surface area (Å²) in [7, 11) is -1.80. The van der Waals surface area contributed by atoms with Crippen LogP contribution in [-0.4, -0.2) is 30.1 Å². The van der Waals surface area contributed by atoms with Crippen molar-refractivity contribution in [1.29, 1.82) is 0 Å². The summed E-state index contributed by atoms with van der Waals surface area (Å²) < 4.78 is 27.9. The summed E-state index contributed by atoms with van der Waals surface area (Å²) in [5.74, 6) is 0. The topological polar surface area (TPSA) is 64.0 Å². The molecule has 0 aliphatic heterocycles. The maximum absolute atomic E-state index is 12.0. The van der Waals surface area contributed by atoms with E-state index in [9.17, 15) is 8.42 Å². The average molecular weight is 266 g/mol. The third-order valence-electron chi connectivity index (χ3n) is 2.27. The average Bonchev–Trinajstić information content (AvgIpc) is 2.38. The highest BCUT2D eigenvalue weighted by atomic mass is 35.5. The Kier molecular flexibility index (Phi) is 3.98. The van der Waals surface area contributed by atoms with Crippen LogP contribution in [0.15, 0.2) is 4.90 Å². The molecule has 92 valence electrons. The van der Waals surface area contributed by atoms with Crippen molar-refractivity contribution < 1.29 is 8.42 Å². The molecule has 1 heterocycles. The lowest BCUT2D eigenvalue weighted by molar-refractivity contribution is 0.579. The van der Waals surface area contributed by atoms with Gasteiger partial charge in [-0.1, -0.05) is 0 Å². The number of sulfonamides is 1. The lowest BCUT2D eigenvalue weighted by Gasteiger charge is -2.07. The first kappa shape index (κ1) is 13.5. The van der Waals surface area contributed by atoms with E-state index in [4.69, 9.17) is 11.6 Å². The third-order valence-corrected chi connectivity index (χ3v) is 4.10. The van der Waals surface area contributed by atoms with Crippen LogP contribution in [0.3, 0.4) is 0 Å². The number of rotatable bonds is 4. The number of nitrogens with zero attached hydrogens (tertiary/aromatic N) is 2. The van der Waals surface area contributed by atoms with Gasteiger partial charge in [-0.15, -0.1) is 11.6 Å². The first-order valence-electron chi connectivity index (χ1n) is 4.89. The van der Waals surface area contributed by atoms with E-state index in [1.165, 1.54) is 0 Å². The van der Waals surface area contributed by atoms with Crippen LogP contribution in [0.25, 0.3) is 0 Å². The van der Waals surface area contributed by atoms with Gasteiger partial charge in [0.2, 0.25) is 10.0 Å². The Balaban J connectivity index is 3.08. The molecule has 0 saturated carbocycles. The Labute approximate surface area is 101 Å². The minimum Gasteiger partial charge on any atom is -0.271 e. The van der Waals surface area contributed by atoms with E-state index in [-0.39, 0.29) is 16.8 Å². The summed E-state index contributed by atoms with van der Waals surface area (Å²) in [6, 6.07) is 0. The molecule has 16 heavy (non-hydrogen) atoms. The lowest BCUT2D eigenvalue weighted by atomic mass is 10.4. The van der Waals surface area contributed by atoms with Crippen molar-refractivity contribution in [2.75, 3.05) is 6.54 Å². The smallest absolute Gasteiger partial charge is 0.244 e. The van der Waals surface area contributed by atoms with Crippen LogP contribution in [0.2, 0.25) is 0 Å². The molecule has 0 aliphatic carbocycles. The number of hydrogen-bond acceptors (Lipinski definition) is 3. The van der Waals surface area contributed by atoms with Gasteiger partial charge < -0.3 is 0 Å². The first-order valence-corrected chi connectivity index (χ1v) is 6.81. The van der Waals surface area contributed by atoms with Crippen LogP contribution in [0.4, 0.5) is 0 Å². The first-order chi connectivity index (χ1) is 7.25. The molecule has 0 bridgehead atoms. The van der Waals surface area contributed by atoms with Crippen molar-refractivity contribution in [3.8, 4) is 0 Å². The maximum Gasteiger partial charge on any atom is 0.244 e. The second-order valence-corrected chi connectivity index (χ2v) is 6.21. The van der Waals surface area contributed by atoms with Gasteiger partial charge in [0.25, 0.3) is 0 Å². The van der Waals surface area contributed by atoms with E-state index in [0.717, 1.165) is 0 Å². The van der Waals surface area contributed by atoms with Crippen LogP contribution in [0.5, 0.6) is 0 Å². The maximum atomic E-state index is 12.0. The molecule has 0 fully saturated rings. The predicted octanol–water partition coefficient (Wildman–Crippen LogP) is 0.943. The highest BCUT2D eigenvalue weighted by Gasteiger charge is 2.23. The van der Waals surface area contributed by atoms with Gasteiger partial charge in [0, 0.05) is 19.0 Å². The second kappa shape index (κ2) is 4.73. The largest absolute Gasteiger partial charge is 0.271 e. The Bertz CT molecular complexity index is 479. The van der Waals surface area contributed by atoms with Crippen LogP contribution in [0.1, 0.15) is 18.3 Å². The van der Waals surface area contributed by atoms with Gasteiger partial charge in [0.05, 0.1) is 11.4 Å². The van der Waals surface area contributed by atoms with Crippen LogP contribution < -0.4 is 4.72 Å². The van der Waals surface area contributed by atoms with E-state index < -0.39 is 10.0 Å². The Morgan fingerprint density at radius 1 is 1.50 bits per heavy atom. The Morgan fingerprint density at radius 3 is 2.44 bits per heavy atom. The number of halogens is 1. The Morgan fingerprint density at radius 2 is 2.06 bits per heavy atom. The van der Waals surface area contributed by atoms with Gasteiger partial charge >= 0.3 is 0 Å². The van der Waals surface area contributed by atoms with Gasteiger partial charge in [-0.3, -0.25) is 4.68 Å². The van der Waals surface area contributed by atoms with Gasteiger partial charge in [0.15, 0.2) is 0 Å². The molecule has 1 unspecified atom stereocenters. The summed E-state index contributed by atoms with van der Waals surface area (Å²) >= 11 is 5.71. The van der Waals surface area contributed by atoms with E-state index in [1.807, 2.05) is 0 Å². The second-order valence-electron chi connectivity index (χ2n) is 3.76. The molecule has 0 spiro atoms. The molecule has 1 rings (SSSR count). The minimum atomic E-state index is -3.51. The van der Waals surface area contributed by atoms with E-state index >= 15 is 0 Å². The molecule has 7 heteroatoms. The zero-order valence-electron chi connectivity index (χ0n) is 9.78. The molecule has 0 radical (unpaired) electrons. The van der Waals surface area contributed by atoms with Crippen molar-refractivity contribution in [3.05, 3.63) is 11.4 Å². The van der Waals surface area contributed by atoms with Crippen molar-refractivity contribution in [2.24, 2.45) is 7.05 Å². The number of aromatic nitrogens is 2. The summed E-state index contributed by atoms with van der Waals surface area (Å²) in [6.07, 6.45) is 0. The lowest BCUT2D eigenvalue weighted by Crippen LogP contribution is -2.29. The van der Waals surface area contributed by atoms with E-state index in [1.54, 1.807) is 32.5 Å². The summed E-state index contributed by atoms with van der Waals surface area (Å²) in [5.41, 5.74) is 1.11. The Hall–Kier alpha value is -0.590. The number of alkyl halides is 1. The number of aryl methyl sites for hydroxylation is 2. The molecule has 1 atom stereocenters. The van der Waals surface area contributed by atoms with E-state index in [2.05, 4.69) is 9.82 Å². The summed E-state index contributed by atoms with van der Waals surface area (Å²) in [6.45, 7) is 5.33. The van der Waals surface area contributed by atoms with Gasteiger partial charge in [-0.2, -0.15) is 5.10 Å². The minimum absolute atomic E-state index is 0.206. The number of hydrogen-bond donors (Lipinski definition) is 1. The monoisotopic (exact) mass is 265 g/mol. The molecular formula is C9H16ClN3O2S. The fraction of sp³-hybridized carbons (Fsp3) is 0.667. The predicted molar refractivity (Wildman–Crippen MR) is 63.2 cm³/mol. The third kappa shape index (κ3) is 2.75. The highest BCUT2D eigenvalue weighted by Crippen LogP contribution is 2.18. The fourth-order valence-electron chi connectivity index (χ4n) is 1.44. The van der Waals surface area contributed by atoms with Crippen molar-refractivity contribution in [3.63, 3.8) is 0 Å². The van der Waals surface area contributed by atoms with Crippen molar-refractivity contribution in [1.82, 2.24) is 14.5 Å². The highest BCUT2D eigenvalue weighted by molar-refractivity contribution is 7.89. The SMILES string of the molecule is Cc1nn(C)c(C)c1S(=O)(=O)NCC(C)Cl. The van der Waals surface area contributed by atoms with Gasteiger partial charge in [0.1, 0.15) is 4.90 Å². The van der Waals surface area contributed by atoms with E-state index in [0.29, 0.717) is 11.4 Å². The van der Waals surface area contributed by atoms with Gasteiger partial charge in [-0.25, -0.2) is 13.1 Å². The standard InChI is InChI=1S/C9H16ClN3O2S/c1-6(10)5-11-16(14,15)9-7(2)12-13(4)8(9)3/h6,11H,5H2,1-4H3. The van der Waals surface area contributed by atoms with Gasteiger partial charge in [-0.05, 0) is 20.8 Å². The molecule has 0 aliphatic rings. The molecule has 1 aromatic rings. The molecule has 0 saturated heterocycles. The number of nitrogens with one attached hydrogen (secondary N) is 1. The molecule has 0 aromatic carbocycles. The quantitative estimate of drug-likeness (QED) is 0.825. The molecule has 1 N–H and O–H groups in total. The van der Waals surface area contributed by atoms with Crippen molar-refractivity contribution >= 4 is 21.6 Å². The molecule has 5 nitrogen and oxygen atoms in total. The van der Waals surface area contributed by atoms with Crippen LogP contribution in [-0.2, 0) is 17.1 Å². The van der Waals surface area contributed by atoms with Crippen LogP contribution >= 0.6 is 11.6 Å². The normalized spacial score (nSPS) is 14.1. The fourth-order valence-corrected chi connectivity index (χ4v) is 3.17. The summed E-state index contributed by atoms with van der Waals surface area (Å²) in [5, 5.41) is 3.83. The zero-order chi connectivity index (χ0) is 12.5. The molecule has 1 aromatic heterocycles. The summed E-state index contributed by atoms with van der Waals surface area (Å²) in [4.78, 5) is 0.243. The van der Waals surface area contributed by atoms with Crippen molar-refractivity contribution in [2.45, 2.75) is 31.0 Å². The molecule has 0 amide bonds. The van der Waals surface area contributed by atoms with Crippen LogP contribution in [0, 0.1) is 13.8 Å². The molecular weight excluding hydrogens is 250 g/mol. The zero-order valence-corrected chi connectivity index (χ0v) is 11.4.